The number of hydrogen-bond donors (Lipinski definition) is 3. The minimum absolute atomic E-state index is 0.00162. The summed E-state index contributed by atoms with van der Waals surface area (Å²) in [5.41, 5.74) is 2.56. The number of nitrogens with one attached hydrogen (secondary N) is 1. The Morgan fingerprint density at radius 3 is 3.08 bits per heavy atom. The minimum Gasteiger partial charge on any atom is -0.392 e. The summed E-state index contributed by atoms with van der Waals surface area (Å²) in [6.07, 6.45) is 1.62. The van der Waals surface area contributed by atoms with Crippen molar-refractivity contribution in [3.05, 3.63) is 24.0 Å². The lowest BCUT2D eigenvalue weighted by molar-refractivity contribution is 0.279. The fourth-order valence-electron chi connectivity index (χ4n) is 1.16. The van der Waals surface area contributed by atoms with E-state index < -0.39 is 0 Å². The average Bonchev–Trinajstić information content (AvgIpc) is 2.53. The maximum absolute atomic E-state index is 8.93. The molecule has 12 heavy (non-hydrogen) atoms. The summed E-state index contributed by atoms with van der Waals surface area (Å²) in [5, 5.41) is 8.93. The van der Waals surface area contributed by atoms with Crippen molar-refractivity contribution in [1.29, 1.82) is 0 Å². The molecule has 0 unspecified atom stereocenters. The molecule has 0 saturated heterocycles. The van der Waals surface area contributed by atoms with Gasteiger partial charge < -0.3 is 10.1 Å². The van der Waals surface area contributed by atoms with E-state index in [0.29, 0.717) is 0 Å². The molecule has 0 spiro atoms. The smallest absolute Gasteiger partial charge is 0.102 e. The number of aliphatic hydroxyl groups excluding tert-OH is 1. The lowest BCUT2D eigenvalue weighted by Crippen LogP contribution is -1.86. The van der Waals surface area contributed by atoms with Crippen LogP contribution in [-0.2, 0) is 6.61 Å². The molecule has 0 aliphatic carbocycles. The number of fused-ring (bicyclic) bond motifs is 1. The summed E-state index contributed by atoms with van der Waals surface area (Å²) < 4.78 is 0. The third-order valence-corrected chi connectivity index (χ3v) is 2.32. The lowest BCUT2D eigenvalue weighted by atomic mass is 10.2. The molecule has 0 atom stereocenters. The summed E-state index contributed by atoms with van der Waals surface area (Å²) >= 11 is 4.27. The van der Waals surface area contributed by atoms with Crippen LogP contribution in [-0.4, -0.2) is 15.1 Å². The van der Waals surface area contributed by atoms with Gasteiger partial charge in [-0.15, -0.1) is 12.6 Å². The van der Waals surface area contributed by atoms with Crippen molar-refractivity contribution in [3.63, 3.8) is 0 Å². The van der Waals surface area contributed by atoms with Crippen LogP contribution in [0.4, 0.5) is 0 Å². The van der Waals surface area contributed by atoms with E-state index in [1.165, 1.54) is 0 Å². The van der Waals surface area contributed by atoms with Gasteiger partial charge in [0, 0.05) is 4.90 Å². The molecule has 3 nitrogen and oxygen atoms in total. The van der Waals surface area contributed by atoms with Crippen molar-refractivity contribution >= 4 is 23.7 Å². The number of thiol groups is 1. The molecule has 0 amide bonds. The number of benzene rings is 1. The van der Waals surface area contributed by atoms with Gasteiger partial charge in [-0.05, 0) is 11.6 Å². The number of hydrogen-bond acceptors (Lipinski definition) is 3. The van der Waals surface area contributed by atoms with Crippen molar-refractivity contribution in [2.75, 3.05) is 0 Å². The minimum atomic E-state index is 0.00162. The van der Waals surface area contributed by atoms with Gasteiger partial charge in [0.25, 0.3) is 0 Å². The van der Waals surface area contributed by atoms with Gasteiger partial charge in [-0.3, -0.25) is 0 Å². The quantitative estimate of drug-likeness (QED) is 0.580. The van der Waals surface area contributed by atoms with E-state index in [4.69, 9.17) is 5.11 Å². The largest absolute Gasteiger partial charge is 0.392 e. The Hall–Kier alpha value is -1.00. The Labute approximate surface area is 74.9 Å². The molecule has 0 radical (unpaired) electrons. The number of aromatic nitrogens is 2. The van der Waals surface area contributed by atoms with Crippen molar-refractivity contribution in [1.82, 2.24) is 9.97 Å². The molecule has 2 rings (SSSR count). The number of aliphatic hydroxyl groups is 1. The normalized spacial score (nSPS) is 10.8. The molecule has 62 valence electrons. The van der Waals surface area contributed by atoms with Crippen LogP contribution in [0.2, 0.25) is 0 Å². The topological polar surface area (TPSA) is 48.9 Å². The van der Waals surface area contributed by atoms with Crippen LogP contribution < -0.4 is 0 Å². The molecule has 2 N–H and O–H groups in total. The summed E-state index contributed by atoms with van der Waals surface area (Å²) in [4.78, 5) is 7.80. The fourth-order valence-corrected chi connectivity index (χ4v) is 1.49. The van der Waals surface area contributed by atoms with Crippen LogP contribution in [0.25, 0.3) is 11.0 Å². The van der Waals surface area contributed by atoms with Crippen molar-refractivity contribution in [2.24, 2.45) is 0 Å². The summed E-state index contributed by atoms with van der Waals surface area (Å²) in [6.45, 7) is 0.00162. The van der Waals surface area contributed by atoms with Gasteiger partial charge in [0.2, 0.25) is 0 Å². The predicted octanol–water partition coefficient (Wildman–Crippen LogP) is 1.34. The van der Waals surface area contributed by atoms with Gasteiger partial charge in [0.1, 0.15) is 5.52 Å². The monoisotopic (exact) mass is 180 g/mol. The van der Waals surface area contributed by atoms with Crippen LogP contribution in [0.3, 0.4) is 0 Å². The molecule has 1 heterocycles. The molecule has 0 saturated carbocycles. The number of rotatable bonds is 1. The van der Waals surface area contributed by atoms with Crippen molar-refractivity contribution in [2.45, 2.75) is 11.5 Å². The van der Waals surface area contributed by atoms with E-state index in [1.54, 1.807) is 6.33 Å². The molecular formula is C8H8N2OS. The molecule has 2 aromatic rings. The van der Waals surface area contributed by atoms with Gasteiger partial charge >= 0.3 is 0 Å². The number of H-pyrrole nitrogens is 1. The molecule has 0 aliphatic rings. The Kier molecular flexibility index (Phi) is 1.78. The molecule has 1 aromatic heterocycles. The number of imidazole rings is 1. The first-order valence-electron chi connectivity index (χ1n) is 3.57. The third kappa shape index (κ3) is 1.00. The van der Waals surface area contributed by atoms with Gasteiger partial charge in [-0.1, -0.05) is 6.07 Å². The zero-order valence-electron chi connectivity index (χ0n) is 6.28. The van der Waals surface area contributed by atoms with E-state index in [0.717, 1.165) is 21.5 Å². The summed E-state index contributed by atoms with van der Waals surface area (Å²) in [5.74, 6) is 0. The predicted molar refractivity (Wildman–Crippen MR) is 49.3 cm³/mol. The van der Waals surface area contributed by atoms with Gasteiger partial charge in [0.15, 0.2) is 0 Å². The summed E-state index contributed by atoms with van der Waals surface area (Å²) in [7, 11) is 0. The Morgan fingerprint density at radius 1 is 1.50 bits per heavy atom. The number of aromatic amines is 1. The first-order valence-corrected chi connectivity index (χ1v) is 4.02. The van der Waals surface area contributed by atoms with E-state index in [1.807, 2.05) is 12.1 Å². The lowest BCUT2D eigenvalue weighted by Gasteiger charge is -2.00. The molecule has 0 bridgehead atoms. The summed E-state index contributed by atoms with van der Waals surface area (Å²) in [6, 6.07) is 3.72. The Bertz CT molecular complexity index is 410. The second-order valence-electron chi connectivity index (χ2n) is 2.53. The van der Waals surface area contributed by atoms with E-state index in [2.05, 4.69) is 22.6 Å². The Balaban J connectivity index is 2.78. The van der Waals surface area contributed by atoms with Crippen molar-refractivity contribution in [3.8, 4) is 0 Å². The van der Waals surface area contributed by atoms with Crippen LogP contribution in [0.15, 0.2) is 23.4 Å². The highest BCUT2D eigenvalue weighted by molar-refractivity contribution is 7.80. The third-order valence-electron chi connectivity index (χ3n) is 1.82. The first-order chi connectivity index (χ1) is 5.83. The molecule has 0 fully saturated rings. The molecular weight excluding hydrogens is 172 g/mol. The highest BCUT2D eigenvalue weighted by atomic mass is 32.1. The van der Waals surface area contributed by atoms with Gasteiger partial charge in [-0.2, -0.15) is 0 Å². The SMILES string of the molecule is OCc1ccc2[nH]cnc2c1S. The average molecular weight is 180 g/mol. The Morgan fingerprint density at radius 2 is 2.33 bits per heavy atom. The highest BCUT2D eigenvalue weighted by Crippen LogP contribution is 2.22. The van der Waals surface area contributed by atoms with E-state index in [-0.39, 0.29) is 6.61 Å². The van der Waals surface area contributed by atoms with Gasteiger partial charge in [0.05, 0.1) is 18.5 Å². The first kappa shape index (κ1) is 7.64. The zero-order valence-corrected chi connectivity index (χ0v) is 7.18. The van der Waals surface area contributed by atoms with Crippen LogP contribution in [0.1, 0.15) is 5.56 Å². The number of nitrogens with zero attached hydrogens (tertiary/aromatic N) is 1. The van der Waals surface area contributed by atoms with Crippen LogP contribution in [0.5, 0.6) is 0 Å². The van der Waals surface area contributed by atoms with Crippen LogP contribution in [0, 0.1) is 0 Å². The highest BCUT2D eigenvalue weighted by Gasteiger charge is 2.04. The second-order valence-corrected chi connectivity index (χ2v) is 2.98. The standard InChI is InChI=1S/C8H8N2OS/c11-3-5-1-2-6-7(8(5)12)10-4-9-6/h1-2,4,11-12H,3H2,(H,9,10). The maximum Gasteiger partial charge on any atom is 0.102 e. The van der Waals surface area contributed by atoms with Crippen LogP contribution >= 0.6 is 12.6 Å². The molecule has 0 aliphatic heterocycles. The maximum atomic E-state index is 8.93. The van der Waals surface area contributed by atoms with E-state index in [9.17, 15) is 0 Å². The molecule has 1 aromatic carbocycles. The van der Waals surface area contributed by atoms with Gasteiger partial charge in [-0.25, -0.2) is 4.98 Å². The van der Waals surface area contributed by atoms with Crippen molar-refractivity contribution < 1.29 is 5.11 Å². The molecule has 4 heteroatoms. The van der Waals surface area contributed by atoms with E-state index >= 15 is 0 Å². The fraction of sp³-hybridized carbons (Fsp3) is 0.125. The second kappa shape index (κ2) is 2.80. The zero-order chi connectivity index (χ0) is 8.55.